The Labute approximate surface area is 292 Å². The van der Waals surface area contributed by atoms with Crippen molar-refractivity contribution in [2.45, 2.75) is 57.7 Å². The highest BCUT2D eigenvalue weighted by atomic mass is 16.5. The lowest BCUT2D eigenvalue weighted by atomic mass is 9.96. The van der Waals surface area contributed by atoms with Gasteiger partial charge in [0.2, 0.25) is 23.6 Å². The average molecular weight is 696 g/mol. The van der Waals surface area contributed by atoms with Crippen LogP contribution in [0.3, 0.4) is 0 Å². The molecule has 6 heterocycles. The predicted octanol–water partition coefficient (Wildman–Crippen LogP) is 1.30. The fourth-order valence-electron chi connectivity index (χ4n) is 6.98. The van der Waals surface area contributed by atoms with E-state index in [9.17, 15) is 24.0 Å². The molecule has 4 amide bonds. The minimum Gasteiger partial charge on any atom is -0.480 e. The van der Waals surface area contributed by atoms with E-state index >= 15 is 0 Å². The molecule has 3 aliphatic heterocycles. The number of imidazole rings is 2. The zero-order valence-electron chi connectivity index (χ0n) is 28.5. The van der Waals surface area contributed by atoms with Crippen LogP contribution in [0.4, 0.5) is 0 Å². The highest BCUT2D eigenvalue weighted by Gasteiger charge is 2.32. The first-order valence-electron chi connectivity index (χ1n) is 16.8. The van der Waals surface area contributed by atoms with Gasteiger partial charge in [-0.2, -0.15) is 4.98 Å². The molecule has 2 N–H and O–H groups in total. The van der Waals surface area contributed by atoms with Crippen molar-refractivity contribution in [3.8, 4) is 35.1 Å². The number of nitrogens with zero attached hydrogens (tertiary/aromatic N) is 7. The zero-order valence-corrected chi connectivity index (χ0v) is 28.5. The molecule has 51 heavy (non-hydrogen) atoms. The summed E-state index contributed by atoms with van der Waals surface area (Å²) in [6, 6.07) is 4.88. The Balaban J connectivity index is 0.969. The van der Waals surface area contributed by atoms with Crippen LogP contribution in [0.25, 0.3) is 22.4 Å². The third-order valence-corrected chi connectivity index (χ3v) is 9.70. The number of imide groups is 1. The minimum atomic E-state index is -0.741. The summed E-state index contributed by atoms with van der Waals surface area (Å²) in [6.07, 6.45) is 4.37. The number of benzene rings is 1. The number of likely N-dealkylation sites (tertiary alicyclic amines) is 1. The van der Waals surface area contributed by atoms with Gasteiger partial charge in [-0.15, -0.1) is 0 Å². The van der Waals surface area contributed by atoms with Gasteiger partial charge < -0.3 is 24.3 Å². The van der Waals surface area contributed by atoms with Crippen molar-refractivity contribution >= 4 is 34.7 Å². The van der Waals surface area contributed by atoms with Crippen molar-refractivity contribution in [1.82, 2.24) is 44.2 Å². The van der Waals surface area contributed by atoms with Crippen molar-refractivity contribution in [3.05, 3.63) is 51.8 Å². The van der Waals surface area contributed by atoms with E-state index in [1.807, 2.05) is 21.6 Å². The van der Waals surface area contributed by atoms with Crippen LogP contribution in [0, 0.1) is 17.8 Å². The molecule has 16 heteroatoms. The van der Waals surface area contributed by atoms with Crippen LogP contribution in [-0.2, 0) is 34.5 Å². The first kappa shape index (κ1) is 33.5. The van der Waals surface area contributed by atoms with E-state index in [2.05, 4.69) is 37.4 Å². The van der Waals surface area contributed by atoms with Crippen LogP contribution in [0.5, 0.6) is 11.9 Å². The molecule has 0 radical (unpaired) electrons. The monoisotopic (exact) mass is 695 g/mol. The van der Waals surface area contributed by atoms with Crippen molar-refractivity contribution in [3.63, 3.8) is 0 Å². The Morgan fingerprint density at radius 2 is 1.84 bits per heavy atom. The lowest BCUT2D eigenvalue weighted by molar-refractivity contribution is -0.136. The lowest BCUT2D eigenvalue weighted by Gasteiger charge is -2.30. The molecular weight excluding hydrogens is 658 g/mol. The Bertz CT molecular complexity index is 2200. The zero-order chi connectivity index (χ0) is 35.8. The topological polar surface area (TPSA) is 185 Å². The van der Waals surface area contributed by atoms with Gasteiger partial charge in [-0.1, -0.05) is 11.8 Å². The van der Waals surface area contributed by atoms with Gasteiger partial charge in [0.25, 0.3) is 5.91 Å². The third-order valence-electron chi connectivity index (χ3n) is 9.70. The van der Waals surface area contributed by atoms with Gasteiger partial charge in [0.1, 0.15) is 11.9 Å². The van der Waals surface area contributed by atoms with Gasteiger partial charge in [-0.3, -0.25) is 33.6 Å². The molecule has 264 valence electrons. The number of fused-ring (bicyclic) bond motifs is 2. The Morgan fingerprint density at radius 1 is 1.04 bits per heavy atom. The van der Waals surface area contributed by atoms with Gasteiger partial charge in [-0.05, 0) is 43.9 Å². The number of nitrogens with one attached hydrogen (secondary N) is 2. The summed E-state index contributed by atoms with van der Waals surface area (Å²) in [4.78, 5) is 77.8. The average Bonchev–Trinajstić information content (AvgIpc) is 3.77. The molecule has 0 bridgehead atoms. The maximum absolute atomic E-state index is 13.2. The molecular formula is C35H37N9O7. The summed E-state index contributed by atoms with van der Waals surface area (Å²) in [5.41, 5.74) is 3.30. The van der Waals surface area contributed by atoms with E-state index in [1.54, 1.807) is 19.3 Å². The largest absolute Gasteiger partial charge is 0.480 e. The fraction of sp³-hybridized carbons (Fsp3) is 0.429. The highest BCUT2D eigenvalue weighted by molar-refractivity contribution is 6.00. The van der Waals surface area contributed by atoms with Crippen molar-refractivity contribution in [2.24, 2.45) is 13.0 Å². The van der Waals surface area contributed by atoms with Gasteiger partial charge in [0.15, 0.2) is 5.69 Å². The molecule has 16 nitrogen and oxygen atoms in total. The van der Waals surface area contributed by atoms with E-state index in [0.717, 1.165) is 24.1 Å². The van der Waals surface area contributed by atoms with E-state index in [1.165, 1.54) is 23.4 Å². The van der Waals surface area contributed by atoms with Crippen LogP contribution < -0.4 is 25.8 Å². The maximum Gasteiger partial charge on any atom is 0.329 e. The van der Waals surface area contributed by atoms with Crippen molar-refractivity contribution in [1.29, 1.82) is 0 Å². The second-order valence-electron chi connectivity index (χ2n) is 12.8. The number of amides is 4. The van der Waals surface area contributed by atoms with E-state index in [4.69, 9.17) is 9.47 Å². The lowest BCUT2D eigenvalue weighted by Crippen LogP contribution is -2.44. The SMILES string of the molecule is COc1ncc(-c2nc3c(n2CCCC(=O)N2CCC(C#Cc4ccc5c(c4)n(C)c(=O)n5C4CCC(=O)NC4=O)CC2)CNC3=O)c(OC)n1. The molecule has 1 atom stereocenters. The molecule has 7 rings (SSSR count). The molecule has 2 saturated heterocycles. The number of rotatable bonds is 8. The van der Waals surface area contributed by atoms with E-state index < -0.39 is 11.9 Å². The number of carbonyl (C=O) groups is 4. The summed E-state index contributed by atoms with van der Waals surface area (Å²) in [5, 5.41) is 5.13. The quantitative estimate of drug-likeness (QED) is 0.201. The number of aromatic nitrogens is 6. The van der Waals surface area contributed by atoms with Gasteiger partial charge in [0, 0.05) is 57.2 Å². The Kier molecular flexibility index (Phi) is 9.02. The molecule has 0 saturated carbocycles. The first-order valence-corrected chi connectivity index (χ1v) is 16.8. The number of hydrogen-bond acceptors (Lipinski definition) is 10. The summed E-state index contributed by atoms with van der Waals surface area (Å²) in [6.45, 7) is 2.00. The van der Waals surface area contributed by atoms with Crippen molar-refractivity contribution < 1.29 is 28.7 Å². The molecule has 1 aromatic carbocycles. The summed E-state index contributed by atoms with van der Waals surface area (Å²) in [5.74, 6) is 6.47. The Morgan fingerprint density at radius 3 is 2.59 bits per heavy atom. The molecule has 2 fully saturated rings. The Hall–Kier alpha value is -5.98. The molecule has 4 aromatic rings. The summed E-state index contributed by atoms with van der Waals surface area (Å²) in [7, 11) is 4.60. The minimum absolute atomic E-state index is 0.0613. The van der Waals surface area contributed by atoms with Crippen LogP contribution in [0.2, 0.25) is 0 Å². The first-order chi connectivity index (χ1) is 24.7. The van der Waals surface area contributed by atoms with Gasteiger partial charge in [-0.25, -0.2) is 14.8 Å². The van der Waals surface area contributed by atoms with Crippen LogP contribution in [0.15, 0.2) is 29.2 Å². The molecule has 3 aliphatic rings. The van der Waals surface area contributed by atoms with E-state index in [0.29, 0.717) is 67.1 Å². The fourth-order valence-corrected chi connectivity index (χ4v) is 6.98. The number of piperidine rings is 2. The van der Waals surface area contributed by atoms with Crippen LogP contribution in [0.1, 0.15) is 66.3 Å². The number of ether oxygens (including phenoxy) is 2. The van der Waals surface area contributed by atoms with Crippen LogP contribution >= 0.6 is 0 Å². The van der Waals surface area contributed by atoms with Crippen LogP contribution in [-0.4, -0.2) is 84.5 Å². The number of aryl methyl sites for hydroxylation is 1. The smallest absolute Gasteiger partial charge is 0.329 e. The van der Waals surface area contributed by atoms with Gasteiger partial charge >= 0.3 is 11.7 Å². The second kappa shape index (κ2) is 13.7. The normalized spacial score (nSPS) is 17.5. The second-order valence-corrected chi connectivity index (χ2v) is 12.8. The highest BCUT2D eigenvalue weighted by Crippen LogP contribution is 2.32. The number of methoxy groups -OCH3 is 2. The number of carbonyl (C=O) groups excluding carboxylic acids is 4. The standard InChI is InChI=1S/C35H37N9O7/c1-41-25-17-21(8-9-23(25)44(35(41)49)24-10-11-27(45)38-31(24)47)7-6-20-12-15-42(16-13-20)28(46)5-4-14-43-26-19-36-32(48)29(26)39-30(43)22-18-37-34(51-3)40-33(22)50-2/h8-9,17-18,20,24H,4-5,10-16,19H2,1-3H3,(H,36,48)(H,38,45,47). The summed E-state index contributed by atoms with van der Waals surface area (Å²) >= 11 is 0. The molecule has 1 unspecified atom stereocenters. The predicted molar refractivity (Wildman–Crippen MR) is 182 cm³/mol. The number of hydrogen-bond donors (Lipinski definition) is 2. The van der Waals surface area contributed by atoms with Crippen molar-refractivity contribution in [2.75, 3.05) is 27.3 Å². The summed E-state index contributed by atoms with van der Waals surface area (Å²) < 4.78 is 15.5. The van der Waals surface area contributed by atoms with E-state index in [-0.39, 0.29) is 54.1 Å². The molecule has 3 aromatic heterocycles. The molecule has 0 spiro atoms. The van der Waals surface area contributed by atoms with Gasteiger partial charge in [0.05, 0.1) is 43.1 Å². The third kappa shape index (κ3) is 6.31. The maximum atomic E-state index is 13.2. The molecule has 0 aliphatic carbocycles.